The van der Waals surface area contributed by atoms with E-state index in [9.17, 15) is 0 Å². The average molecular weight is 399 g/mol. The summed E-state index contributed by atoms with van der Waals surface area (Å²) < 4.78 is 3.04. The Hall–Kier alpha value is -1.18. The van der Waals surface area contributed by atoms with E-state index < -0.39 is 0 Å². The third-order valence-electron chi connectivity index (χ3n) is 3.18. The maximum Gasteiger partial charge on any atom is 0.180 e. The highest BCUT2D eigenvalue weighted by Gasteiger charge is 2.24. The zero-order valence-electron chi connectivity index (χ0n) is 13.2. The number of rotatable bonds is 4. The summed E-state index contributed by atoms with van der Waals surface area (Å²) in [6, 6.07) is 1.98. The molecule has 0 aromatic carbocycles. The second kappa shape index (κ2) is 6.29. The molecule has 2 heterocycles. The SMILES string of the molecule is CCCn1nccc1-c1nc(NC)c(I)c(C(C)(C)C)n1. The van der Waals surface area contributed by atoms with E-state index in [1.807, 2.05) is 24.0 Å². The van der Waals surface area contributed by atoms with Crippen LogP contribution in [0.3, 0.4) is 0 Å². The van der Waals surface area contributed by atoms with Gasteiger partial charge in [0.1, 0.15) is 11.5 Å². The first-order valence-corrected chi connectivity index (χ1v) is 8.24. The zero-order valence-corrected chi connectivity index (χ0v) is 15.4. The minimum atomic E-state index is -0.0323. The van der Waals surface area contributed by atoms with Gasteiger partial charge in [0.25, 0.3) is 0 Å². The van der Waals surface area contributed by atoms with E-state index >= 15 is 0 Å². The van der Waals surface area contributed by atoms with Crippen LogP contribution in [0.4, 0.5) is 5.82 Å². The van der Waals surface area contributed by atoms with Crippen LogP contribution in [0.15, 0.2) is 12.3 Å². The quantitative estimate of drug-likeness (QED) is 0.797. The summed E-state index contributed by atoms with van der Waals surface area (Å²) in [5.41, 5.74) is 1.99. The number of nitrogens with zero attached hydrogens (tertiary/aromatic N) is 4. The van der Waals surface area contributed by atoms with Crippen LogP contribution >= 0.6 is 22.6 Å². The van der Waals surface area contributed by atoms with Crippen LogP contribution in [0.5, 0.6) is 0 Å². The molecular weight excluding hydrogens is 377 g/mol. The summed E-state index contributed by atoms with van der Waals surface area (Å²) in [5.74, 6) is 1.60. The Morgan fingerprint density at radius 3 is 2.57 bits per heavy atom. The molecule has 0 aliphatic carbocycles. The minimum absolute atomic E-state index is 0.0323. The molecule has 1 N–H and O–H groups in total. The van der Waals surface area contributed by atoms with Crippen molar-refractivity contribution in [3.63, 3.8) is 0 Å². The molecule has 6 heteroatoms. The molecule has 0 radical (unpaired) electrons. The molecule has 5 nitrogen and oxygen atoms in total. The smallest absolute Gasteiger partial charge is 0.180 e. The van der Waals surface area contributed by atoms with E-state index in [2.05, 4.69) is 65.7 Å². The molecule has 0 spiro atoms. The first-order valence-electron chi connectivity index (χ1n) is 7.16. The van der Waals surface area contributed by atoms with Crippen LogP contribution in [0.1, 0.15) is 39.8 Å². The molecule has 0 saturated heterocycles. The predicted octanol–water partition coefficient (Wildman–Crippen LogP) is 3.69. The molecule has 21 heavy (non-hydrogen) atoms. The molecule has 0 fully saturated rings. The fourth-order valence-electron chi connectivity index (χ4n) is 2.14. The monoisotopic (exact) mass is 399 g/mol. The minimum Gasteiger partial charge on any atom is -0.372 e. The van der Waals surface area contributed by atoms with Gasteiger partial charge in [0.15, 0.2) is 5.82 Å². The van der Waals surface area contributed by atoms with Crippen molar-refractivity contribution in [2.45, 2.75) is 46.1 Å². The van der Waals surface area contributed by atoms with Crippen LogP contribution in [-0.4, -0.2) is 26.8 Å². The third-order valence-corrected chi connectivity index (χ3v) is 4.20. The van der Waals surface area contributed by atoms with E-state index in [1.165, 1.54) is 0 Å². The Morgan fingerprint density at radius 2 is 2.00 bits per heavy atom. The molecule has 0 aliphatic rings. The number of halogens is 1. The Kier molecular flexibility index (Phi) is 4.85. The molecular formula is C15H22IN5. The van der Waals surface area contributed by atoms with Gasteiger partial charge in [0.05, 0.1) is 9.26 Å². The van der Waals surface area contributed by atoms with E-state index in [1.54, 1.807) is 0 Å². The predicted molar refractivity (Wildman–Crippen MR) is 94.5 cm³/mol. The number of hydrogen-bond acceptors (Lipinski definition) is 4. The molecule has 0 amide bonds. The number of aromatic nitrogens is 4. The van der Waals surface area contributed by atoms with Crippen molar-refractivity contribution < 1.29 is 0 Å². The van der Waals surface area contributed by atoms with Gasteiger partial charge in [0.2, 0.25) is 0 Å². The second-order valence-electron chi connectivity index (χ2n) is 6.00. The molecule has 0 saturated carbocycles. The Labute approximate surface area is 139 Å². The number of nitrogens with one attached hydrogen (secondary N) is 1. The second-order valence-corrected chi connectivity index (χ2v) is 7.08. The van der Waals surface area contributed by atoms with E-state index in [0.29, 0.717) is 0 Å². The lowest BCUT2D eigenvalue weighted by molar-refractivity contribution is 0.562. The van der Waals surface area contributed by atoms with Crippen molar-refractivity contribution in [3.05, 3.63) is 21.5 Å². The van der Waals surface area contributed by atoms with Gasteiger partial charge in [-0.15, -0.1) is 0 Å². The summed E-state index contributed by atoms with van der Waals surface area (Å²) >= 11 is 2.32. The standard InChI is InChI=1S/C15H22IN5/c1-6-9-21-10(7-8-18-21)13-19-12(15(2,3)4)11(16)14(17-5)20-13/h7-8H,6,9H2,1-5H3,(H,17,19,20). The fourth-order valence-corrected chi connectivity index (χ4v) is 3.46. The maximum absolute atomic E-state index is 4.82. The van der Waals surface area contributed by atoms with Crippen molar-refractivity contribution in [2.24, 2.45) is 0 Å². The zero-order chi connectivity index (χ0) is 15.6. The molecule has 0 aliphatic heterocycles. The Morgan fingerprint density at radius 1 is 1.29 bits per heavy atom. The van der Waals surface area contributed by atoms with Crippen molar-refractivity contribution in [1.29, 1.82) is 0 Å². The fraction of sp³-hybridized carbons (Fsp3) is 0.533. The molecule has 2 aromatic rings. The van der Waals surface area contributed by atoms with Gasteiger partial charge in [0, 0.05) is 25.2 Å². The molecule has 114 valence electrons. The summed E-state index contributed by atoms with van der Waals surface area (Å²) in [5, 5.41) is 7.54. The lowest BCUT2D eigenvalue weighted by atomic mass is 9.92. The molecule has 0 unspecified atom stereocenters. The lowest BCUT2D eigenvalue weighted by Crippen LogP contribution is -2.19. The lowest BCUT2D eigenvalue weighted by Gasteiger charge is -2.21. The summed E-state index contributed by atoms with van der Waals surface area (Å²) in [7, 11) is 1.89. The number of anilines is 1. The average Bonchev–Trinajstić information content (AvgIpc) is 2.86. The third kappa shape index (κ3) is 3.36. The maximum atomic E-state index is 4.82. The normalized spacial score (nSPS) is 11.7. The largest absolute Gasteiger partial charge is 0.372 e. The highest BCUT2D eigenvalue weighted by molar-refractivity contribution is 14.1. The number of hydrogen-bond donors (Lipinski definition) is 1. The molecule has 0 atom stereocenters. The van der Waals surface area contributed by atoms with Gasteiger partial charge in [-0.05, 0) is 35.1 Å². The van der Waals surface area contributed by atoms with Crippen LogP contribution in [0.2, 0.25) is 0 Å². The van der Waals surface area contributed by atoms with Crippen molar-refractivity contribution in [2.75, 3.05) is 12.4 Å². The Balaban J connectivity index is 2.61. The van der Waals surface area contributed by atoms with Gasteiger partial charge in [-0.25, -0.2) is 9.97 Å². The molecule has 0 bridgehead atoms. The summed E-state index contributed by atoms with van der Waals surface area (Å²) in [6.45, 7) is 9.52. The molecule has 2 aromatic heterocycles. The van der Waals surface area contributed by atoms with Gasteiger partial charge in [-0.3, -0.25) is 4.68 Å². The van der Waals surface area contributed by atoms with E-state index in [0.717, 1.165) is 39.6 Å². The van der Waals surface area contributed by atoms with Crippen LogP contribution in [0.25, 0.3) is 11.5 Å². The first-order chi connectivity index (χ1) is 9.88. The van der Waals surface area contributed by atoms with Gasteiger partial charge >= 0.3 is 0 Å². The van der Waals surface area contributed by atoms with Crippen molar-refractivity contribution >= 4 is 28.4 Å². The number of aryl methyl sites for hydroxylation is 1. The first kappa shape index (κ1) is 16.2. The van der Waals surface area contributed by atoms with Gasteiger partial charge in [-0.2, -0.15) is 5.10 Å². The highest BCUT2D eigenvalue weighted by Crippen LogP contribution is 2.31. The van der Waals surface area contributed by atoms with Crippen molar-refractivity contribution in [1.82, 2.24) is 19.7 Å². The molecule has 2 rings (SSSR count). The van der Waals surface area contributed by atoms with E-state index in [4.69, 9.17) is 4.98 Å². The van der Waals surface area contributed by atoms with Crippen molar-refractivity contribution in [3.8, 4) is 11.5 Å². The Bertz CT molecular complexity index is 627. The topological polar surface area (TPSA) is 55.6 Å². The van der Waals surface area contributed by atoms with Gasteiger partial charge in [-0.1, -0.05) is 27.7 Å². The summed E-state index contributed by atoms with van der Waals surface area (Å²) in [4.78, 5) is 9.48. The van der Waals surface area contributed by atoms with Gasteiger partial charge < -0.3 is 5.32 Å². The van der Waals surface area contributed by atoms with Crippen LogP contribution in [0, 0.1) is 3.57 Å². The highest BCUT2D eigenvalue weighted by atomic mass is 127. The van der Waals surface area contributed by atoms with E-state index in [-0.39, 0.29) is 5.41 Å². The summed E-state index contributed by atoms with van der Waals surface area (Å²) in [6.07, 6.45) is 2.84. The van der Waals surface area contributed by atoms with Crippen LogP contribution < -0.4 is 5.32 Å². The van der Waals surface area contributed by atoms with Crippen LogP contribution in [-0.2, 0) is 12.0 Å².